The van der Waals surface area contributed by atoms with Gasteiger partial charge in [-0.05, 0) is 18.2 Å². The second-order valence-electron chi connectivity index (χ2n) is 4.75. The van der Waals surface area contributed by atoms with Crippen molar-refractivity contribution >= 4 is 35.3 Å². The lowest BCUT2D eigenvalue weighted by Crippen LogP contribution is -2.38. The van der Waals surface area contributed by atoms with E-state index in [1.165, 1.54) is 13.1 Å². The van der Waals surface area contributed by atoms with Crippen LogP contribution in [0.1, 0.15) is 10.4 Å². The maximum atomic E-state index is 11.9. The molecule has 1 heterocycles. The van der Waals surface area contributed by atoms with Crippen LogP contribution < -0.4 is 10.6 Å². The summed E-state index contributed by atoms with van der Waals surface area (Å²) >= 11 is 0. The molecule has 1 aromatic carbocycles. The Kier molecular flexibility index (Phi) is 4.39. The minimum Gasteiger partial charge on any atom is -0.355 e. The molecule has 0 radical (unpaired) electrons. The van der Waals surface area contributed by atoms with E-state index in [9.17, 15) is 24.0 Å². The molecule has 0 aliphatic carbocycles. The van der Waals surface area contributed by atoms with Crippen molar-refractivity contribution < 1.29 is 24.0 Å². The van der Waals surface area contributed by atoms with Crippen LogP contribution >= 0.6 is 0 Å². The van der Waals surface area contributed by atoms with Gasteiger partial charge in [-0.2, -0.15) is 0 Å². The summed E-state index contributed by atoms with van der Waals surface area (Å²) in [6, 6.07) is 5.28. The Morgan fingerprint density at radius 3 is 2.39 bits per heavy atom. The van der Waals surface area contributed by atoms with Crippen molar-refractivity contribution in [3.8, 4) is 0 Å². The highest BCUT2D eigenvalue weighted by Gasteiger charge is 2.42. The molecule has 0 unspecified atom stereocenters. The summed E-state index contributed by atoms with van der Waals surface area (Å²) in [4.78, 5) is 59.3. The van der Waals surface area contributed by atoms with E-state index in [4.69, 9.17) is 0 Å². The van der Waals surface area contributed by atoms with E-state index in [0.717, 1.165) is 7.05 Å². The molecule has 6 amide bonds. The summed E-state index contributed by atoms with van der Waals surface area (Å²) in [5.74, 6) is -3.02. The van der Waals surface area contributed by atoms with E-state index >= 15 is 0 Å². The molecule has 9 heteroatoms. The van der Waals surface area contributed by atoms with Gasteiger partial charge < -0.3 is 10.6 Å². The maximum absolute atomic E-state index is 11.9. The maximum Gasteiger partial charge on any atom is 0.334 e. The van der Waals surface area contributed by atoms with Crippen LogP contribution in [0.15, 0.2) is 24.3 Å². The summed E-state index contributed by atoms with van der Waals surface area (Å²) in [5, 5.41) is 4.91. The molecule has 23 heavy (non-hydrogen) atoms. The first-order chi connectivity index (χ1) is 10.8. The highest BCUT2D eigenvalue weighted by molar-refractivity contribution is 6.44. The molecule has 120 valence electrons. The van der Waals surface area contributed by atoms with Crippen molar-refractivity contribution in [2.45, 2.75) is 0 Å². The van der Waals surface area contributed by atoms with Gasteiger partial charge in [0.15, 0.2) is 0 Å². The number of hydrogen-bond donors (Lipinski definition) is 2. The molecule has 0 bridgehead atoms. The second-order valence-corrected chi connectivity index (χ2v) is 4.75. The molecule has 9 nitrogen and oxygen atoms in total. The lowest BCUT2D eigenvalue weighted by Gasteiger charge is -2.13. The number of nitrogens with one attached hydrogen (secondary N) is 2. The number of urea groups is 1. The lowest BCUT2D eigenvalue weighted by atomic mass is 10.2. The summed E-state index contributed by atoms with van der Waals surface area (Å²) in [7, 11) is 2.64. The van der Waals surface area contributed by atoms with Crippen molar-refractivity contribution in [3.63, 3.8) is 0 Å². The molecular weight excluding hydrogens is 304 g/mol. The minimum absolute atomic E-state index is 0.321. The first kappa shape index (κ1) is 16.1. The first-order valence-corrected chi connectivity index (χ1v) is 6.60. The standard InChI is InChI=1S/C14H14N4O5/c1-15-11(20)8-4-3-5-9(6-8)16-10(19)7-18-13(22)12(21)17(2)14(18)23/h3-6H,7H2,1-2H3,(H,15,20)(H,16,19). The number of carbonyl (C=O) groups excluding carboxylic acids is 5. The van der Waals surface area contributed by atoms with E-state index in [-0.39, 0.29) is 5.91 Å². The van der Waals surface area contributed by atoms with Gasteiger partial charge in [0.1, 0.15) is 6.54 Å². The van der Waals surface area contributed by atoms with Gasteiger partial charge in [-0.25, -0.2) is 9.69 Å². The van der Waals surface area contributed by atoms with Gasteiger partial charge in [-0.3, -0.25) is 24.1 Å². The van der Waals surface area contributed by atoms with Crippen LogP contribution in [-0.4, -0.2) is 60.1 Å². The fourth-order valence-electron chi connectivity index (χ4n) is 1.98. The Hall–Kier alpha value is -3.23. The van der Waals surface area contributed by atoms with Crippen LogP contribution in [0.3, 0.4) is 0 Å². The van der Waals surface area contributed by atoms with Crippen molar-refractivity contribution in [2.75, 3.05) is 26.0 Å². The number of benzene rings is 1. The molecule has 1 aromatic rings. The van der Waals surface area contributed by atoms with E-state index in [1.807, 2.05) is 0 Å². The average molecular weight is 318 g/mol. The van der Waals surface area contributed by atoms with Crippen LogP contribution in [0, 0.1) is 0 Å². The fraction of sp³-hybridized carbons (Fsp3) is 0.214. The number of likely N-dealkylation sites (N-methyl/N-ethyl adjacent to an activating group) is 1. The van der Waals surface area contributed by atoms with Gasteiger partial charge in [-0.15, -0.1) is 0 Å². The van der Waals surface area contributed by atoms with Crippen molar-refractivity contribution in [1.82, 2.24) is 15.1 Å². The zero-order chi connectivity index (χ0) is 17.1. The molecule has 2 rings (SSSR count). The highest BCUT2D eigenvalue weighted by atomic mass is 16.2. The number of amides is 6. The van der Waals surface area contributed by atoms with Crippen molar-refractivity contribution in [1.29, 1.82) is 0 Å². The monoisotopic (exact) mass is 318 g/mol. The van der Waals surface area contributed by atoms with Gasteiger partial charge in [0.25, 0.3) is 5.91 Å². The Balaban J connectivity index is 2.06. The van der Waals surface area contributed by atoms with Gasteiger partial charge in [-0.1, -0.05) is 6.07 Å². The van der Waals surface area contributed by atoms with E-state index < -0.39 is 30.3 Å². The van der Waals surface area contributed by atoms with Crippen LogP contribution in [0.2, 0.25) is 0 Å². The van der Waals surface area contributed by atoms with Gasteiger partial charge in [0, 0.05) is 25.3 Å². The average Bonchev–Trinajstić information content (AvgIpc) is 2.72. The van der Waals surface area contributed by atoms with Gasteiger partial charge >= 0.3 is 17.8 Å². The number of imide groups is 2. The van der Waals surface area contributed by atoms with Crippen LogP contribution in [0.5, 0.6) is 0 Å². The van der Waals surface area contributed by atoms with Gasteiger partial charge in [0.2, 0.25) is 5.91 Å². The van der Waals surface area contributed by atoms with E-state index in [2.05, 4.69) is 10.6 Å². The molecule has 1 aliphatic heterocycles. The zero-order valence-corrected chi connectivity index (χ0v) is 12.5. The third kappa shape index (κ3) is 3.18. The zero-order valence-electron chi connectivity index (χ0n) is 12.5. The summed E-state index contributed by atoms with van der Waals surface area (Å²) in [5.41, 5.74) is 0.670. The topological polar surface area (TPSA) is 116 Å². The number of rotatable bonds is 4. The summed E-state index contributed by atoms with van der Waals surface area (Å²) < 4.78 is 0. The minimum atomic E-state index is -1.05. The number of hydrogen-bond acceptors (Lipinski definition) is 5. The quantitative estimate of drug-likeness (QED) is 0.568. The van der Waals surface area contributed by atoms with E-state index in [1.54, 1.807) is 18.2 Å². The molecule has 1 saturated heterocycles. The lowest BCUT2D eigenvalue weighted by molar-refractivity contribution is -0.143. The molecule has 0 atom stereocenters. The highest BCUT2D eigenvalue weighted by Crippen LogP contribution is 2.12. The Morgan fingerprint density at radius 1 is 1.13 bits per heavy atom. The number of carbonyl (C=O) groups is 5. The number of nitrogens with zero attached hydrogens (tertiary/aromatic N) is 2. The van der Waals surface area contributed by atoms with Crippen molar-refractivity contribution in [3.05, 3.63) is 29.8 Å². The third-order valence-corrected chi connectivity index (χ3v) is 3.19. The van der Waals surface area contributed by atoms with Crippen LogP contribution in [0.25, 0.3) is 0 Å². The normalized spacial score (nSPS) is 14.3. The first-order valence-electron chi connectivity index (χ1n) is 6.60. The van der Waals surface area contributed by atoms with E-state index in [0.29, 0.717) is 21.1 Å². The van der Waals surface area contributed by atoms with Crippen LogP contribution in [0.4, 0.5) is 10.5 Å². The van der Waals surface area contributed by atoms with Crippen molar-refractivity contribution in [2.24, 2.45) is 0 Å². The Bertz CT molecular complexity index is 715. The Labute approximate surface area is 131 Å². The Morgan fingerprint density at radius 2 is 1.83 bits per heavy atom. The summed E-state index contributed by atoms with van der Waals surface area (Å²) in [6.07, 6.45) is 0. The second kappa shape index (κ2) is 6.26. The smallest absolute Gasteiger partial charge is 0.334 e. The molecule has 0 aromatic heterocycles. The van der Waals surface area contributed by atoms with Gasteiger partial charge in [0.05, 0.1) is 0 Å². The molecule has 0 saturated carbocycles. The molecule has 1 fully saturated rings. The van der Waals surface area contributed by atoms with Crippen LogP contribution in [-0.2, 0) is 14.4 Å². The predicted molar refractivity (Wildman–Crippen MR) is 78.3 cm³/mol. The molecule has 1 aliphatic rings. The summed E-state index contributed by atoms with van der Waals surface area (Å²) in [6.45, 7) is -0.585. The molecule has 0 spiro atoms. The SMILES string of the molecule is CNC(=O)c1cccc(NC(=O)CN2C(=O)C(=O)N(C)C2=O)c1. The third-order valence-electron chi connectivity index (χ3n) is 3.19. The predicted octanol–water partition coefficient (Wildman–Crippen LogP) is -0.595. The molecule has 2 N–H and O–H groups in total. The fourth-order valence-corrected chi connectivity index (χ4v) is 1.98. The number of anilines is 1. The largest absolute Gasteiger partial charge is 0.355 e. The molecular formula is C14H14N4O5.